The van der Waals surface area contributed by atoms with Crippen molar-refractivity contribution in [1.29, 1.82) is 0 Å². The first kappa shape index (κ1) is 13.9. The van der Waals surface area contributed by atoms with Crippen molar-refractivity contribution in [2.75, 3.05) is 0 Å². The number of primary amides is 1. The molecule has 7 heteroatoms. The Hall–Kier alpha value is -1.56. The van der Waals surface area contributed by atoms with Gasteiger partial charge in [-0.05, 0) is 20.3 Å². The lowest BCUT2D eigenvalue weighted by atomic mass is 10.3. The molecule has 1 unspecified atom stereocenters. The Balaban J connectivity index is 2.42. The van der Waals surface area contributed by atoms with Crippen molar-refractivity contribution in [2.24, 2.45) is 12.8 Å². The largest absolute Gasteiger partial charge is 0.370 e. The van der Waals surface area contributed by atoms with Crippen molar-refractivity contribution >= 4 is 28.7 Å². The Kier molecular flexibility index (Phi) is 3.80. The van der Waals surface area contributed by atoms with Crippen molar-refractivity contribution in [1.82, 2.24) is 19.3 Å². The fourth-order valence-electron chi connectivity index (χ4n) is 2.29. The molecule has 2 aromatic heterocycles. The average Bonchev–Trinajstić information content (AvgIpc) is 2.79. The molecule has 2 heterocycles. The number of hydrogen-bond acceptors (Lipinski definition) is 3. The number of nitrogens with two attached hydrogens (primary N) is 1. The number of alkyl halides is 1. The third-order valence-corrected chi connectivity index (χ3v) is 3.28. The molecule has 1 amide bonds. The number of nitrogens with zero attached hydrogens (tertiary/aromatic N) is 4. The van der Waals surface area contributed by atoms with Gasteiger partial charge < -0.3 is 10.3 Å². The molecule has 0 fully saturated rings. The Morgan fingerprint density at radius 1 is 1.53 bits per heavy atom. The molecule has 104 valence electrons. The number of carbonyl (C=O) groups is 1. The normalized spacial score (nSPS) is 13.1. The van der Waals surface area contributed by atoms with Gasteiger partial charge in [0.1, 0.15) is 11.3 Å². The number of imidazole rings is 1. The van der Waals surface area contributed by atoms with Crippen LogP contribution < -0.4 is 5.73 Å². The van der Waals surface area contributed by atoms with Crippen molar-refractivity contribution in [3.8, 4) is 0 Å². The molecule has 19 heavy (non-hydrogen) atoms. The van der Waals surface area contributed by atoms with E-state index in [1.54, 1.807) is 4.68 Å². The molecule has 2 N–H and O–H groups in total. The standard InChI is InChI=1S/C12H18ClN5O/c1-7(13)11-15-10-8(2)16-17(3)12(10)18(11)6-4-5-9(14)19/h7H,4-6H2,1-3H3,(H2,14,19). The number of aryl methyl sites for hydroxylation is 3. The summed E-state index contributed by atoms with van der Waals surface area (Å²) < 4.78 is 3.82. The molecule has 0 aliphatic rings. The lowest BCUT2D eigenvalue weighted by Gasteiger charge is -2.10. The zero-order valence-corrected chi connectivity index (χ0v) is 12.1. The first-order valence-corrected chi connectivity index (χ1v) is 6.67. The maximum Gasteiger partial charge on any atom is 0.217 e. The Morgan fingerprint density at radius 3 is 2.79 bits per heavy atom. The highest BCUT2D eigenvalue weighted by atomic mass is 35.5. The van der Waals surface area contributed by atoms with E-state index in [0.29, 0.717) is 19.4 Å². The number of carbonyl (C=O) groups excluding carboxylic acids is 1. The summed E-state index contributed by atoms with van der Waals surface area (Å²) in [5.74, 6) is 0.509. The summed E-state index contributed by atoms with van der Waals surface area (Å²) >= 11 is 6.18. The first-order valence-electron chi connectivity index (χ1n) is 6.24. The molecule has 6 nitrogen and oxygen atoms in total. The minimum atomic E-state index is -0.294. The van der Waals surface area contributed by atoms with E-state index in [2.05, 4.69) is 10.1 Å². The fraction of sp³-hybridized carbons (Fsp3) is 0.583. The summed E-state index contributed by atoms with van der Waals surface area (Å²) in [6.07, 6.45) is 1.02. The van der Waals surface area contributed by atoms with E-state index in [-0.39, 0.29) is 11.3 Å². The van der Waals surface area contributed by atoms with Crippen LogP contribution in [0.3, 0.4) is 0 Å². The van der Waals surface area contributed by atoms with Gasteiger partial charge in [0, 0.05) is 20.0 Å². The summed E-state index contributed by atoms with van der Waals surface area (Å²) in [6.45, 7) is 4.46. The van der Waals surface area contributed by atoms with E-state index in [0.717, 1.165) is 22.7 Å². The third kappa shape index (κ3) is 2.58. The molecule has 0 saturated carbocycles. The fourth-order valence-corrected chi connectivity index (χ4v) is 2.45. The molecule has 0 saturated heterocycles. The predicted molar refractivity (Wildman–Crippen MR) is 73.9 cm³/mol. The van der Waals surface area contributed by atoms with Gasteiger partial charge in [-0.2, -0.15) is 5.10 Å². The smallest absolute Gasteiger partial charge is 0.217 e. The molecule has 0 aliphatic heterocycles. The van der Waals surface area contributed by atoms with Gasteiger partial charge in [0.25, 0.3) is 0 Å². The maximum absolute atomic E-state index is 10.8. The average molecular weight is 284 g/mol. The summed E-state index contributed by atoms with van der Waals surface area (Å²) in [5.41, 5.74) is 7.85. The second-order valence-corrected chi connectivity index (χ2v) is 5.34. The van der Waals surface area contributed by atoms with Gasteiger partial charge in [0.05, 0.1) is 11.1 Å². The van der Waals surface area contributed by atoms with Crippen molar-refractivity contribution in [2.45, 2.75) is 38.6 Å². The zero-order valence-electron chi connectivity index (χ0n) is 11.4. The molecule has 2 rings (SSSR count). The molecule has 0 bridgehead atoms. The van der Waals surface area contributed by atoms with E-state index in [4.69, 9.17) is 17.3 Å². The minimum absolute atomic E-state index is 0.194. The van der Waals surface area contributed by atoms with Crippen LogP contribution in [0.2, 0.25) is 0 Å². The van der Waals surface area contributed by atoms with Crippen LogP contribution in [0.15, 0.2) is 0 Å². The van der Waals surface area contributed by atoms with Crippen molar-refractivity contribution in [3.05, 3.63) is 11.5 Å². The molecule has 0 aromatic carbocycles. The number of amides is 1. The lowest BCUT2D eigenvalue weighted by molar-refractivity contribution is -0.118. The van der Waals surface area contributed by atoms with Crippen LogP contribution in [0.1, 0.15) is 36.7 Å². The number of hydrogen-bond donors (Lipinski definition) is 1. The quantitative estimate of drug-likeness (QED) is 0.847. The molecule has 0 spiro atoms. The second kappa shape index (κ2) is 5.21. The van der Waals surface area contributed by atoms with Crippen LogP contribution in [0.4, 0.5) is 0 Å². The van der Waals surface area contributed by atoms with E-state index >= 15 is 0 Å². The van der Waals surface area contributed by atoms with Crippen LogP contribution in [-0.2, 0) is 18.4 Å². The van der Waals surface area contributed by atoms with Crippen LogP contribution in [-0.4, -0.2) is 25.2 Å². The highest BCUT2D eigenvalue weighted by Crippen LogP contribution is 2.26. The van der Waals surface area contributed by atoms with E-state index in [9.17, 15) is 4.79 Å². The second-order valence-electron chi connectivity index (χ2n) is 4.69. The monoisotopic (exact) mass is 283 g/mol. The van der Waals surface area contributed by atoms with E-state index in [1.165, 1.54) is 0 Å². The summed E-state index contributed by atoms with van der Waals surface area (Å²) in [5, 5.41) is 4.16. The third-order valence-electron chi connectivity index (χ3n) is 3.08. The molecule has 2 aromatic rings. The van der Waals surface area contributed by atoms with Crippen LogP contribution in [0.25, 0.3) is 11.2 Å². The highest BCUT2D eigenvalue weighted by Gasteiger charge is 2.19. The van der Waals surface area contributed by atoms with Gasteiger partial charge >= 0.3 is 0 Å². The minimum Gasteiger partial charge on any atom is -0.370 e. The van der Waals surface area contributed by atoms with Gasteiger partial charge in [-0.25, -0.2) is 4.98 Å². The lowest BCUT2D eigenvalue weighted by Crippen LogP contribution is -2.13. The summed E-state index contributed by atoms with van der Waals surface area (Å²) in [4.78, 5) is 15.4. The van der Waals surface area contributed by atoms with Gasteiger partial charge in [-0.3, -0.25) is 9.48 Å². The van der Waals surface area contributed by atoms with Crippen LogP contribution in [0, 0.1) is 6.92 Å². The zero-order chi connectivity index (χ0) is 14.2. The number of aromatic nitrogens is 4. The van der Waals surface area contributed by atoms with Gasteiger partial charge in [0.2, 0.25) is 5.91 Å². The molecule has 0 radical (unpaired) electrons. The van der Waals surface area contributed by atoms with Gasteiger partial charge in [-0.1, -0.05) is 0 Å². The van der Waals surface area contributed by atoms with Crippen LogP contribution in [0.5, 0.6) is 0 Å². The topological polar surface area (TPSA) is 78.7 Å². The molecule has 1 atom stereocenters. The SMILES string of the molecule is Cc1nn(C)c2c1nc(C(C)Cl)n2CCCC(N)=O. The number of rotatable bonds is 5. The highest BCUT2D eigenvalue weighted by molar-refractivity contribution is 6.20. The Bertz CT molecular complexity index is 613. The Morgan fingerprint density at radius 2 is 2.21 bits per heavy atom. The van der Waals surface area contributed by atoms with Crippen molar-refractivity contribution < 1.29 is 4.79 Å². The molecular weight excluding hydrogens is 266 g/mol. The molecular formula is C12H18ClN5O. The number of fused-ring (bicyclic) bond motifs is 1. The predicted octanol–water partition coefficient (Wildman–Crippen LogP) is 1.64. The number of halogens is 1. The van der Waals surface area contributed by atoms with Gasteiger partial charge in [-0.15, -0.1) is 11.6 Å². The molecule has 0 aliphatic carbocycles. The van der Waals surface area contributed by atoms with E-state index < -0.39 is 0 Å². The van der Waals surface area contributed by atoms with Crippen LogP contribution >= 0.6 is 11.6 Å². The first-order chi connectivity index (χ1) is 8.91. The van der Waals surface area contributed by atoms with Gasteiger partial charge in [0.15, 0.2) is 5.65 Å². The summed E-state index contributed by atoms with van der Waals surface area (Å²) in [7, 11) is 1.88. The Labute approximate surface area is 116 Å². The maximum atomic E-state index is 10.8. The van der Waals surface area contributed by atoms with Crippen molar-refractivity contribution in [3.63, 3.8) is 0 Å². The van der Waals surface area contributed by atoms with E-state index in [1.807, 2.05) is 25.5 Å². The summed E-state index contributed by atoms with van der Waals surface area (Å²) in [6, 6.07) is 0.